The topological polar surface area (TPSA) is 58.2 Å². The van der Waals surface area contributed by atoms with Crippen LogP contribution in [0, 0.1) is 0 Å². The lowest BCUT2D eigenvalue weighted by molar-refractivity contribution is 0.553. The number of sulfonamides is 1. The summed E-state index contributed by atoms with van der Waals surface area (Å²) in [5.41, 5.74) is 0.810. The second kappa shape index (κ2) is 7.63. The van der Waals surface area contributed by atoms with Crippen molar-refractivity contribution >= 4 is 21.8 Å². The summed E-state index contributed by atoms with van der Waals surface area (Å²) < 4.78 is 28.3. The first-order chi connectivity index (χ1) is 10.1. The standard InChI is InChI=1S/C15H24N2O2S2/c1-3-20-14-9-6-8-13(14)17-21(18,19)15-10-5-4-7-12(15)11-16-2/h4-5,7,10,13-14,16-17H,3,6,8-9,11H2,1-2H3. The Kier molecular flexibility index (Phi) is 6.10. The maximum atomic E-state index is 12.7. The molecule has 21 heavy (non-hydrogen) atoms. The molecular formula is C15H24N2O2S2. The predicted octanol–water partition coefficient (Wildman–Crippen LogP) is 2.36. The molecular weight excluding hydrogens is 304 g/mol. The van der Waals surface area contributed by atoms with Crippen LogP contribution in [0.4, 0.5) is 0 Å². The third-order valence-electron chi connectivity index (χ3n) is 3.77. The average Bonchev–Trinajstić information content (AvgIpc) is 2.87. The molecule has 0 heterocycles. The lowest BCUT2D eigenvalue weighted by Crippen LogP contribution is -2.39. The van der Waals surface area contributed by atoms with Crippen molar-refractivity contribution in [3.63, 3.8) is 0 Å². The van der Waals surface area contributed by atoms with Crippen molar-refractivity contribution in [1.29, 1.82) is 0 Å². The zero-order valence-corrected chi connectivity index (χ0v) is 14.3. The Morgan fingerprint density at radius 3 is 2.76 bits per heavy atom. The van der Waals surface area contributed by atoms with Gasteiger partial charge in [-0.25, -0.2) is 13.1 Å². The van der Waals surface area contributed by atoms with Gasteiger partial charge in [-0.15, -0.1) is 0 Å². The lowest BCUT2D eigenvalue weighted by atomic mass is 10.2. The van der Waals surface area contributed by atoms with Gasteiger partial charge in [0.25, 0.3) is 0 Å². The van der Waals surface area contributed by atoms with Crippen LogP contribution in [0.5, 0.6) is 0 Å². The summed E-state index contributed by atoms with van der Waals surface area (Å²) in [6.45, 7) is 2.67. The number of hydrogen-bond acceptors (Lipinski definition) is 4. The molecule has 1 fully saturated rings. The van der Waals surface area contributed by atoms with E-state index in [1.165, 1.54) is 0 Å². The summed E-state index contributed by atoms with van der Waals surface area (Å²) in [4.78, 5) is 0.395. The summed E-state index contributed by atoms with van der Waals surface area (Å²) in [6, 6.07) is 7.25. The zero-order chi connectivity index (χ0) is 15.3. The second-order valence-corrected chi connectivity index (χ2v) is 8.49. The fraction of sp³-hybridized carbons (Fsp3) is 0.600. The van der Waals surface area contributed by atoms with E-state index in [4.69, 9.17) is 0 Å². The minimum atomic E-state index is -3.45. The minimum absolute atomic E-state index is 0.0580. The van der Waals surface area contributed by atoms with E-state index >= 15 is 0 Å². The van der Waals surface area contributed by atoms with E-state index in [-0.39, 0.29) is 6.04 Å². The van der Waals surface area contributed by atoms with Crippen LogP contribution in [0.3, 0.4) is 0 Å². The van der Waals surface area contributed by atoms with Gasteiger partial charge in [0.2, 0.25) is 10.0 Å². The van der Waals surface area contributed by atoms with Crippen LogP contribution >= 0.6 is 11.8 Å². The summed E-state index contributed by atoms with van der Waals surface area (Å²) in [6.07, 6.45) is 3.14. The van der Waals surface area contributed by atoms with Crippen LogP contribution in [-0.4, -0.2) is 32.5 Å². The molecule has 0 spiro atoms. The van der Waals surface area contributed by atoms with Gasteiger partial charge in [0.15, 0.2) is 0 Å². The molecule has 2 rings (SSSR count). The van der Waals surface area contributed by atoms with Crippen molar-refractivity contribution in [2.75, 3.05) is 12.8 Å². The molecule has 2 unspecified atom stereocenters. The van der Waals surface area contributed by atoms with E-state index in [2.05, 4.69) is 17.0 Å². The van der Waals surface area contributed by atoms with Gasteiger partial charge in [-0.3, -0.25) is 0 Å². The minimum Gasteiger partial charge on any atom is -0.316 e. The fourth-order valence-corrected chi connectivity index (χ4v) is 5.67. The number of thioether (sulfide) groups is 1. The Labute approximate surface area is 132 Å². The van der Waals surface area contributed by atoms with Crippen LogP contribution in [-0.2, 0) is 16.6 Å². The molecule has 118 valence electrons. The van der Waals surface area contributed by atoms with Crippen LogP contribution < -0.4 is 10.0 Å². The SMILES string of the molecule is CCSC1CCCC1NS(=O)(=O)c1ccccc1CNC. The molecule has 6 heteroatoms. The van der Waals surface area contributed by atoms with Crippen molar-refractivity contribution in [1.82, 2.24) is 10.0 Å². The normalized spacial score (nSPS) is 22.6. The fourth-order valence-electron chi connectivity index (χ4n) is 2.84. The van der Waals surface area contributed by atoms with Gasteiger partial charge in [0.1, 0.15) is 0 Å². The molecule has 0 radical (unpaired) electrons. The van der Waals surface area contributed by atoms with Crippen LogP contribution in [0.15, 0.2) is 29.2 Å². The molecule has 1 saturated carbocycles. The van der Waals surface area contributed by atoms with Crippen LogP contribution in [0.2, 0.25) is 0 Å². The van der Waals surface area contributed by atoms with Gasteiger partial charge in [0, 0.05) is 17.8 Å². The van der Waals surface area contributed by atoms with Gasteiger partial charge >= 0.3 is 0 Å². The predicted molar refractivity (Wildman–Crippen MR) is 89.1 cm³/mol. The molecule has 1 aliphatic carbocycles. The van der Waals surface area contributed by atoms with Crippen molar-refractivity contribution in [2.45, 2.75) is 48.9 Å². The molecule has 0 aromatic heterocycles. The monoisotopic (exact) mass is 328 g/mol. The molecule has 0 aliphatic heterocycles. The van der Waals surface area contributed by atoms with Crippen molar-refractivity contribution in [3.05, 3.63) is 29.8 Å². The van der Waals surface area contributed by atoms with E-state index in [1.807, 2.05) is 30.9 Å². The molecule has 2 atom stereocenters. The number of hydrogen-bond donors (Lipinski definition) is 2. The van der Waals surface area contributed by atoms with Gasteiger partial charge in [0.05, 0.1) is 4.90 Å². The van der Waals surface area contributed by atoms with E-state index in [0.29, 0.717) is 16.7 Å². The van der Waals surface area contributed by atoms with E-state index < -0.39 is 10.0 Å². The van der Waals surface area contributed by atoms with Gasteiger partial charge < -0.3 is 5.32 Å². The molecule has 0 bridgehead atoms. The third-order valence-corrected chi connectivity index (χ3v) is 6.69. The van der Waals surface area contributed by atoms with Crippen molar-refractivity contribution < 1.29 is 8.42 Å². The first kappa shape index (κ1) is 16.8. The lowest BCUT2D eigenvalue weighted by Gasteiger charge is -2.21. The molecule has 0 amide bonds. The molecule has 1 aromatic carbocycles. The summed E-state index contributed by atoms with van der Waals surface area (Å²) >= 11 is 1.86. The number of nitrogens with one attached hydrogen (secondary N) is 2. The molecule has 1 aromatic rings. The summed E-state index contributed by atoms with van der Waals surface area (Å²) in [5, 5.41) is 3.43. The Morgan fingerprint density at radius 2 is 2.05 bits per heavy atom. The van der Waals surface area contributed by atoms with Crippen molar-refractivity contribution in [2.24, 2.45) is 0 Å². The highest BCUT2D eigenvalue weighted by molar-refractivity contribution is 8.00. The maximum Gasteiger partial charge on any atom is 0.241 e. The number of benzene rings is 1. The average molecular weight is 329 g/mol. The van der Waals surface area contributed by atoms with Crippen LogP contribution in [0.1, 0.15) is 31.7 Å². The Balaban J connectivity index is 2.18. The Morgan fingerprint density at radius 1 is 1.29 bits per heavy atom. The van der Waals surface area contributed by atoms with Gasteiger partial charge in [-0.1, -0.05) is 31.5 Å². The van der Waals surface area contributed by atoms with Gasteiger partial charge in [-0.05, 0) is 37.3 Å². The zero-order valence-electron chi connectivity index (χ0n) is 12.6. The smallest absolute Gasteiger partial charge is 0.241 e. The first-order valence-electron chi connectivity index (χ1n) is 7.45. The Hall–Kier alpha value is -0.560. The molecule has 4 nitrogen and oxygen atoms in total. The largest absolute Gasteiger partial charge is 0.316 e. The second-order valence-electron chi connectivity index (χ2n) is 5.29. The highest BCUT2D eigenvalue weighted by Crippen LogP contribution is 2.31. The molecule has 1 aliphatic rings. The van der Waals surface area contributed by atoms with Crippen LogP contribution in [0.25, 0.3) is 0 Å². The summed E-state index contributed by atoms with van der Waals surface area (Å²) in [5.74, 6) is 1.03. The van der Waals surface area contributed by atoms with Crippen molar-refractivity contribution in [3.8, 4) is 0 Å². The number of rotatable bonds is 7. The van der Waals surface area contributed by atoms with E-state index in [1.54, 1.807) is 12.1 Å². The first-order valence-corrected chi connectivity index (χ1v) is 9.98. The van der Waals surface area contributed by atoms with E-state index in [0.717, 1.165) is 30.6 Å². The highest BCUT2D eigenvalue weighted by atomic mass is 32.2. The summed E-state index contributed by atoms with van der Waals surface area (Å²) in [7, 11) is -1.63. The molecule has 0 saturated heterocycles. The Bertz CT molecular complexity index is 561. The quantitative estimate of drug-likeness (QED) is 0.807. The highest BCUT2D eigenvalue weighted by Gasteiger charge is 2.31. The third kappa shape index (κ3) is 4.22. The van der Waals surface area contributed by atoms with Gasteiger partial charge in [-0.2, -0.15) is 11.8 Å². The molecule has 2 N–H and O–H groups in total. The maximum absolute atomic E-state index is 12.7. The van der Waals surface area contributed by atoms with E-state index in [9.17, 15) is 8.42 Å².